The first-order chi connectivity index (χ1) is 10.7. The van der Waals surface area contributed by atoms with Gasteiger partial charge >= 0.3 is 0 Å². The van der Waals surface area contributed by atoms with E-state index in [1.807, 2.05) is 17.0 Å². The van der Waals surface area contributed by atoms with Crippen molar-refractivity contribution < 1.29 is 14.3 Å². The smallest absolute Gasteiger partial charge is 0.222 e. The third kappa shape index (κ3) is 5.00. The first-order valence-corrected chi connectivity index (χ1v) is 7.95. The molecule has 1 amide bonds. The van der Waals surface area contributed by atoms with Crippen LogP contribution in [0.4, 0.5) is 0 Å². The predicted octanol–water partition coefficient (Wildman–Crippen LogP) is 1.59. The first kappa shape index (κ1) is 16.8. The Morgan fingerprint density at radius 1 is 1.41 bits per heavy atom. The van der Waals surface area contributed by atoms with Crippen molar-refractivity contribution in [2.45, 2.75) is 31.8 Å². The number of nitrogens with zero attached hydrogens (tertiary/aromatic N) is 1. The summed E-state index contributed by atoms with van der Waals surface area (Å²) in [6, 6.07) is 8.01. The zero-order chi connectivity index (χ0) is 15.8. The van der Waals surface area contributed by atoms with Crippen LogP contribution in [0.3, 0.4) is 0 Å². The minimum atomic E-state index is 0.101. The van der Waals surface area contributed by atoms with Crippen LogP contribution in [-0.4, -0.2) is 50.3 Å². The van der Waals surface area contributed by atoms with E-state index in [0.717, 1.165) is 25.0 Å². The van der Waals surface area contributed by atoms with Crippen LogP contribution in [0, 0.1) is 0 Å². The summed E-state index contributed by atoms with van der Waals surface area (Å²) in [5, 5.41) is 0. The summed E-state index contributed by atoms with van der Waals surface area (Å²) in [6.45, 7) is 2.60. The molecule has 5 nitrogen and oxygen atoms in total. The molecule has 0 spiro atoms. The van der Waals surface area contributed by atoms with Crippen molar-refractivity contribution in [1.82, 2.24) is 4.90 Å². The van der Waals surface area contributed by atoms with Gasteiger partial charge in [-0.3, -0.25) is 4.79 Å². The van der Waals surface area contributed by atoms with Gasteiger partial charge in [-0.1, -0.05) is 12.1 Å². The van der Waals surface area contributed by atoms with E-state index >= 15 is 0 Å². The quantitative estimate of drug-likeness (QED) is 0.831. The molecule has 1 aliphatic rings. The summed E-state index contributed by atoms with van der Waals surface area (Å²) < 4.78 is 10.7. The zero-order valence-corrected chi connectivity index (χ0v) is 13.3. The molecule has 1 atom stereocenters. The van der Waals surface area contributed by atoms with Crippen LogP contribution in [-0.2, 0) is 16.0 Å². The van der Waals surface area contributed by atoms with Gasteiger partial charge in [0.2, 0.25) is 5.91 Å². The van der Waals surface area contributed by atoms with Crippen LogP contribution in [0.1, 0.15) is 24.8 Å². The molecule has 0 saturated carbocycles. The van der Waals surface area contributed by atoms with Gasteiger partial charge in [-0.15, -0.1) is 0 Å². The molecule has 2 rings (SSSR count). The Hall–Kier alpha value is -1.59. The molecule has 1 aromatic rings. The highest BCUT2D eigenvalue weighted by Crippen LogP contribution is 2.14. The van der Waals surface area contributed by atoms with Gasteiger partial charge in [0.05, 0.1) is 19.8 Å². The highest BCUT2D eigenvalue weighted by Gasteiger charge is 2.23. The van der Waals surface area contributed by atoms with Gasteiger partial charge < -0.3 is 20.1 Å². The van der Waals surface area contributed by atoms with Crippen LogP contribution in [0.25, 0.3) is 0 Å². The Balaban J connectivity index is 1.72. The van der Waals surface area contributed by atoms with Crippen molar-refractivity contribution in [2.75, 3.05) is 33.4 Å². The van der Waals surface area contributed by atoms with Crippen LogP contribution >= 0.6 is 0 Å². The van der Waals surface area contributed by atoms with E-state index in [4.69, 9.17) is 15.2 Å². The van der Waals surface area contributed by atoms with Crippen molar-refractivity contribution >= 4 is 5.91 Å². The Labute approximate surface area is 132 Å². The minimum absolute atomic E-state index is 0.101. The van der Waals surface area contributed by atoms with Gasteiger partial charge in [0.15, 0.2) is 0 Å². The molecule has 0 unspecified atom stereocenters. The number of benzene rings is 1. The molecule has 1 fully saturated rings. The molecule has 0 radical (unpaired) electrons. The number of hydrogen-bond acceptors (Lipinski definition) is 4. The molecule has 1 aliphatic heterocycles. The number of methoxy groups -OCH3 is 1. The van der Waals surface area contributed by atoms with Gasteiger partial charge in [-0.2, -0.15) is 0 Å². The number of carbonyl (C=O) groups is 1. The monoisotopic (exact) mass is 306 g/mol. The number of ether oxygens (including phenoxy) is 2. The molecular formula is C17H26N2O3. The average molecular weight is 306 g/mol. The summed E-state index contributed by atoms with van der Waals surface area (Å²) in [4.78, 5) is 14.2. The van der Waals surface area contributed by atoms with Crippen LogP contribution in [0.5, 0.6) is 5.75 Å². The second-order valence-corrected chi connectivity index (χ2v) is 5.61. The first-order valence-electron chi connectivity index (χ1n) is 7.95. The van der Waals surface area contributed by atoms with Gasteiger partial charge in [-0.25, -0.2) is 0 Å². The molecule has 1 saturated heterocycles. The Morgan fingerprint density at radius 2 is 2.18 bits per heavy atom. The second-order valence-electron chi connectivity index (χ2n) is 5.61. The van der Waals surface area contributed by atoms with Gasteiger partial charge in [0.1, 0.15) is 5.75 Å². The number of hydrogen-bond donors (Lipinski definition) is 1. The number of aryl methyl sites for hydroxylation is 1. The lowest BCUT2D eigenvalue weighted by atomic mass is 10.1. The van der Waals surface area contributed by atoms with Crippen molar-refractivity contribution in [3.63, 3.8) is 0 Å². The largest absolute Gasteiger partial charge is 0.497 e. The van der Waals surface area contributed by atoms with E-state index in [9.17, 15) is 4.79 Å². The highest BCUT2D eigenvalue weighted by molar-refractivity contribution is 5.76. The SMILES string of the molecule is COc1ccc(CCCC(=O)N2CCO[C@H](CCN)C2)cc1. The molecule has 1 aromatic carbocycles. The number of nitrogens with two attached hydrogens (primary N) is 1. The Bertz CT molecular complexity index is 459. The van der Waals surface area contributed by atoms with Gasteiger partial charge in [0, 0.05) is 19.5 Å². The molecule has 1 heterocycles. The van der Waals surface area contributed by atoms with E-state index < -0.39 is 0 Å². The number of morpholine rings is 1. The molecule has 5 heteroatoms. The number of rotatable bonds is 7. The fourth-order valence-corrected chi connectivity index (χ4v) is 2.70. The molecular weight excluding hydrogens is 280 g/mol. The summed E-state index contributed by atoms with van der Waals surface area (Å²) in [5.41, 5.74) is 6.79. The van der Waals surface area contributed by atoms with E-state index in [1.54, 1.807) is 7.11 Å². The summed E-state index contributed by atoms with van der Waals surface area (Å²) in [7, 11) is 1.66. The van der Waals surface area contributed by atoms with E-state index in [0.29, 0.717) is 32.7 Å². The van der Waals surface area contributed by atoms with Crippen molar-refractivity contribution in [3.8, 4) is 5.75 Å². The van der Waals surface area contributed by atoms with Crippen LogP contribution in [0.2, 0.25) is 0 Å². The fourth-order valence-electron chi connectivity index (χ4n) is 2.70. The second kappa shape index (κ2) is 8.76. The predicted molar refractivity (Wildman–Crippen MR) is 85.9 cm³/mol. The maximum absolute atomic E-state index is 12.3. The van der Waals surface area contributed by atoms with E-state index in [-0.39, 0.29) is 12.0 Å². The molecule has 2 N–H and O–H groups in total. The van der Waals surface area contributed by atoms with Crippen LogP contribution < -0.4 is 10.5 Å². The van der Waals surface area contributed by atoms with Crippen molar-refractivity contribution in [2.24, 2.45) is 5.73 Å². The number of amides is 1. The maximum atomic E-state index is 12.3. The summed E-state index contributed by atoms with van der Waals surface area (Å²) in [5.74, 6) is 1.08. The lowest BCUT2D eigenvalue weighted by Crippen LogP contribution is -2.46. The summed E-state index contributed by atoms with van der Waals surface area (Å²) >= 11 is 0. The average Bonchev–Trinajstić information content (AvgIpc) is 2.56. The molecule has 122 valence electrons. The Kier molecular flexibility index (Phi) is 6.68. The molecule has 0 aliphatic carbocycles. The van der Waals surface area contributed by atoms with Gasteiger partial charge in [0.25, 0.3) is 0 Å². The third-order valence-electron chi connectivity index (χ3n) is 4.00. The van der Waals surface area contributed by atoms with Crippen molar-refractivity contribution in [3.05, 3.63) is 29.8 Å². The third-order valence-corrected chi connectivity index (χ3v) is 4.00. The molecule has 0 bridgehead atoms. The highest BCUT2D eigenvalue weighted by atomic mass is 16.5. The maximum Gasteiger partial charge on any atom is 0.222 e. The normalized spacial score (nSPS) is 18.3. The standard InChI is InChI=1S/C17H26N2O3/c1-21-15-7-5-14(6-8-15)3-2-4-17(20)19-11-12-22-16(13-19)9-10-18/h5-8,16H,2-4,9-13,18H2,1H3/t16-/m1/s1. The fraction of sp³-hybridized carbons (Fsp3) is 0.588. The molecule has 22 heavy (non-hydrogen) atoms. The van der Waals surface area contributed by atoms with Crippen LogP contribution in [0.15, 0.2) is 24.3 Å². The Morgan fingerprint density at radius 3 is 2.86 bits per heavy atom. The lowest BCUT2D eigenvalue weighted by Gasteiger charge is -2.33. The zero-order valence-electron chi connectivity index (χ0n) is 13.3. The van der Waals surface area contributed by atoms with E-state index in [1.165, 1.54) is 5.56 Å². The van der Waals surface area contributed by atoms with Gasteiger partial charge in [-0.05, 0) is 43.5 Å². The summed E-state index contributed by atoms with van der Waals surface area (Å²) in [6.07, 6.45) is 3.28. The topological polar surface area (TPSA) is 64.8 Å². The number of carbonyl (C=O) groups excluding carboxylic acids is 1. The lowest BCUT2D eigenvalue weighted by molar-refractivity contribution is -0.139. The van der Waals surface area contributed by atoms with Crippen molar-refractivity contribution in [1.29, 1.82) is 0 Å². The van der Waals surface area contributed by atoms with E-state index in [2.05, 4.69) is 12.1 Å². The minimum Gasteiger partial charge on any atom is -0.497 e. The molecule has 0 aromatic heterocycles.